The average Bonchev–Trinajstić information content (AvgIpc) is 2.74. The van der Waals surface area contributed by atoms with Gasteiger partial charge in [-0.25, -0.2) is 0 Å². The zero-order valence-electron chi connectivity index (χ0n) is 15.1. The second kappa shape index (κ2) is 7.42. The Kier molecular flexibility index (Phi) is 4.67. The summed E-state index contributed by atoms with van der Waals surface area (Å²) in [4.78, 5) is 16.7. The summed E-state index contributed by atoms with van der Waals surface area (Å²) in [6, 6.07) is 26.0. The van der Waals surface area contributed by atoms with E-state index in [1.54, 1.807) is 12.4 Å². The van der Waals surface area contributed by atoms with E-state index in [-0.39, 0.29) is 11.9 Å². The lowest BCUT2D eigenvalue weighted by molar-refractivity contribution is 0.0940. The number of pyridine rings is 1. The van der Waals surface area contributed by atoms with E-state index >= 15 is 0 Å². The molecule has 0 aliphatic rings. The SMILES string of the molecule is C[C@@H](NC(=O)c1ccc(-c2ccncc2)cc1)c1ccc2ccccc2c1. The molecule has 4 aromatic rings. The van der Waals surface area contributed by atoms with Gasteiger partial charge >= 0.3 is 0 Å². The minimum absolute atomic E-state index is 0.0676. The van der Waals surface area contributed by atoms with Crippen molar-refractivity contribution in [3.63, 3.8) is 0 Å². The lowest BCUT2D eigenvalue weighted by Crippen LogP contribution is -2.26. The van der Waals surface area contributed by atoms with Crippen LogP contribution in [0.15, 0.2) is 91.3 Å². The number of hydrogen-bond donors (Lipinski definition) is 1. The van der Waals surface area contributed by atoms with Crippen LogP contribution in [0.5, 0.6) is 0 Å². The van der Waals surface area contributed by atoms with Crippen molar-refractivity contribution in [2.75, 3.05) is 0 Å². The number of fused-ring (bicyclic) bond motifs is 1. The van der Waals surface area contributed by atoms with Crippen LogP contribution in [-0.4, -0.2) is 10.9 Å². The smallest absolute Gasteiger partial charge is 0.251 e. The van der Waals surface area contributed by atoms with Gasteiger partial charge in [0.05, 0.1) is 6.04 Å². The van der Waals surface area contributed by atoms with Crippen molar-refractivity contribution < 1.29 is 4.79 Å². The normalized spacial score (nSPS) is 11.9. The first-order valence-corrected chi connectivity index (χ1v) is 9.01. The highest BCUT2D eigenvalue weighted by atomic mass is 16.1. The van der Waals surface area contributed by atoms with Crippen molar-refractivity contribution in [1.29, 1.82) is 0 Å². The Balaban J connectivity index is 1.49. The van der Waals surface area contributed by atoms with Crippen LogP contribution in [0.25, 0.3) is 21.9 Å². The Hall–Kier alpha value is -3.46. The fourth-order valence-electron chi connectivity index (χ4n) is 3.20. The highest BCUT2D eigenvalue weighted by molar-refractivity contribution is 5.95. The molecule has 0 bridgehead atoms. The number of carbonyl (C=O) groups is 1. The summed E-state index contributed by atoms with van der Waals surface area (Å²) in [6.45, 7) is 2.01. The molecule has 3 aromatic carbocycles. The van der Waals surface area contributed by atoms with Gasteiger partial charge in [-0.05, 0) is 64.7 Å². The third kappa shape index (κ3) is 3.72. The van der Waals surface area contributed by atoms with E-state index in [0.717, 1.165) is 16.7 Å². The first-order chi connectivity index (χ1) is 13.2. The molecule has 0 saturated heterocycles. The van der Waals surface area contributed by atoms with Crippen LogP contribution in [0.4, 0.5) is 0 Å². The lowest BCUT2D eigenvalue weighted by Gasteiger charge is -2.15. The van der Waals surface area contributed by atoms with Crippen LogP contribution in [0.1, 0.15) is 28.9 Å². The maximum atomic E-state index is 12.6. The van der Waals surface area contributed by atoms with E-state index in [1.807, 2.05) is 55.5 Å². The number of amides is 1. The van der Waals surface area contributed by atoms with E-state index in [2.05, 4.69) is 40.6 Å². The van der Waals surface area contributed by atoms with Crippen LogP contribution in [-0.2, 0) is 0 Å². The number of hydrogen-bond acceptors (Lipinski definition) is 2. The third-order valence-electron chi connectivity index (χ3n) is 4.78. The van der Waals surface area contributed by atoms with E-state index in [9.17, 15) is 4.79 Å². The Morgan fingerprint density at radius 1 is 0.815 bits per heavy atom. The number of rotatable bonds is 4. The Morgan fingerprint density at radius 3 is 2.22 bits per heavy atom. The molecule has 1 atom stereocenters. The van der Waals surface area contributed by atoms with Crippen molar-refractivity contribution >= 4 is 16.7 Å². The quantitative estimate of drug-likeness (QED) is 0.535. The fraction of sp³-hybridized carbons (Fsp3) is 0.0833. The summed E-state index contributed by atoms with van der Waals surface area (Å²) < 4.78 is 0. The molecule has 3 heteroatoms. The second-order valence-electron chi connectivity index (χ2n) is 6.61. The molecular formula is C24H20N2O. The summed E-state index contributed by atoms with van der Waals surface area (Å²) in [5.41, 5.74) is 3.90. The lowest BCUT2D eigenvalue weighted by atomic mass is 10.0. The molecule has 4 rings (SSSR count). The summed E-state index contributed by atoms with van der Waals surface area (Å²) in [5, 5.41) is 5.47. The maximum Gasteiger partial charge on any atom is 0.251 e. The summed E-state index contributed by atoms with van der Waals surface area (Å²) in [5.74, 6) is -0.0723. The highest BCUT2D eigenvalue weighted by Crippen LogP contribution is 2.22. The van der Waals surface area contributed by atoms with Gasteiger partial charge < -0.3 is 5.32 Å². The minimum atomic E-state index is -0.0723. The van der Waals surface area contributed by atoms with Gasteiger partial charge in [-0.1, -0.05) is 48.5 Å². The molecule has 0 saturated carbocycles. The van der Waals surface area contributed by atoms with E-state index in [0.29, 0.717) is 5.56 Å². The molecule has 1 heterocycles. The van der Waals surface area contributed by atoms with Gasteiger partial charge in [-0.2, -0.15) is 0 Å². The molecule has 0 aliphatic heterocycles. The molecule has 0 radical (unpaired) electrons. The van der Waals surface area contributed by atoms with Crippen LogP contribution >= 0.6 is 0 Å². The maximum absolute atomic E-state index is 12.6. The predicted octanol–water partition coefficient (Wildman–Crippen LogP) is 5.39. The number of aromatic nitrogens is 1. The van der Waals surface area contributed by atoms with Gasteiger partial charge in [-0.15, -0.1) is 0 Å². The van der Waals surface area contributed by atoms with E-state index < -0.39 is 0 Å². The van der Waals surface area contributed by atoms with Gasteiger partial charge in [0.2, 0.25) is 0 Å². The number of carbonyl (C=O) groups excluding carboxylic acids is 1. The molecule has 132 valence electrons. The highest BCUT2D eigenvalue weighted by Gasteiger charge is 2.12. The van der Waals surface area contributed by atoms with Gasteiger partial charge in [0.15, 0.2) is 0 Å². The monoisotopic (exact) mass is 352 g/mol. The first kappa shape index (κ1) is 17.0. The molecule has 0 spiro atoms. The van der Waals surface area contributed by atoms with E-state index in [4.69, 9.17) is 0 Å². The molecule has 0 unspecified atom stereocenters. The number of benzene rings is 3. The molecule has 3 nitrogen and oxygen atoms in total. The molecule has 27 heavy (non-hydrogen) atoms. The van der Waals surface area contributed by atoms with Crippen molar-refractivity contribution in [3.8, 4) is 11.1 Å². The second-order valence-corrected chi connectivity index (χ2v) is 6.61. The first-order valence-electron chi connectivity index (χ1n) is 9.01. The molecule has 0 aliphatic carbocycles. The molecule has 0 fully saturated rings. The zero-order valence-corrected chi connectivity index (χ0v) is 15.1. The van der Waals surface area contributed by atoms with Gasteiger partial charge in [0.1, 0.15) is 0 Å². The largest absolute Gasteiger partial charge is 0.346 e. The minimum Gasteiger partial charge on any atom is -0.346 e. The molecule has 1 aromatic heterocycles. The summed E-state index contributed by atoms with van der Waals surface area (Å²) >= 11 is 0. The van der Waals surface area contributed by atoms with Crippen molar-refractivity contribution in [2.45, 2.75) is 13.0 Å². The Bertz CT molecular complexity index is 1070. The van der Waals surface area contributed by atoms with Gasteiger partial charge in [0, 0.05) is 18.0 Å². The van der Waals surface area contributed by atoms with Crippen LogP contribution in [0, 0.1) is 0 Å². The zero-order chi connectivity index (χ0) is 18.6. The predicted molar refractivity (Wildman–Crippen MR) is 110 cm³/mol. The van der Waals surface area contributed by atoms with Crippen LogP contribution in [0.2, 0.25) is 0 Å². The topological polar surface area (TPSA) is 42.0 Å². The Morgan fingerprint density at radius 2 is 1.48 bits per heavy atom. The van der Waals surface area contributed by atoms with Gasteiger partial charge in [-0.3, -0.25) is 9.78 Å². The van der Waals surface area contributed by atoms with Crippen molar-refractivity contribution in [3.05, 3.63) is 102 Å². The fourth-order valence-corrected chi connectivity index (χ4v) is 3.20. The van der Waals surface area contributed by atoms with Gasteiger partial charge in [0.25, 0.3) is 5.91 Å². The van der Waals surface area contributed by atoms with Crippen molar-refractivity contribution in [1.82, 2.24) is 10.3 Å². The molecule has 1 N–H and O–H groups in total. The molecule has 1 amide bonds. The average molecular weight is 352 g/mol. The summed E-state index contributed by atoms with van der Waals surface area (Å²) in [6.07, 6.45) is 3.53. The third-order valence-corrected chi connectivity index (χ3v) is 4.78. The van der Waals surface area contributed by atoms with Crippen molar-refractivity contribution in [2.24, 2.45) is 0 Å². The number of nitrogens with zero attached hydrogens (tertiary/aromatic N) is 1. The van der Waals surface area contributed by atoms with Crippen LogP contribution in [0.3, 0.4) is 0 Å². The van der Waals surface area contributed by atoms with Crippen LogP contribution < -0.4 is 5.32 Å². The summed E-state index contributed by atoms with van der Waals surface area (Å²) in [7, 11) is 0. The van der Waals surface area contributed by atoms with E-state index in [1.165, 1.54) is 10.8 Å². The molecular weight excluding hydrogens is 332 g/mol. The Labute approximate surface area is 158 Å². The number of nitrogens with one attached hydrogen (secondary N) is 1. The standard InChI is InChI=1S/C24H20N2O/c1-17(22-11-8-18-4-2-3-5-23(18)16-22)26-24(27)21-9-6-19(7-10-21)20-12-14-25-15-13-20/h2-17H,1H3,(H,26,27)/t17-/m1/s1.